The number of carbonyl (C=O) groups excluding carboxylic acids is 1. The van der Waals surface area contributed by atoms with Gasteiger partial charge in [0.15, 0.2) is 0 Å². The molecule has 174 valence electrons. The van der Waals surface area contributed by atoms with Gasteiger partial charge in [0.1, 0.15) is 11.6 Å². The fourth-order valence-corrected chi connectivity index (χ4v) is 3.88. The highest BCUT2D eigenvalue weighted by molar-refractivity contribution is 6.00. The van der Waals surface area contributed by atoms with Crippen LogP contribution in [0.4, 0.5) is 30.6 Å². The molecule has 8 nitrogen and oxygen atoms in total. The lowest BCUT2D eigenvalue weighted by atomic mass is 10.1. The summed E-state index contributed by atoms with van der Waals surface area (Å²) in [7, 11) is 1.86. The molecule has 0 atom stereocenters. The normalized spacial score (nSPS) is 14.2. The van der Waals surface area contributed by atoms with Crippen molar-refractivity contribution in [1.29, 1.82) is 0 Å². The molecule has 4 rings (SSSR count). The van der Waals surface area contributed by atoms with E-state index in [0.717, 1.165) is 48.7 Å². The first-order chi connectivity index (χ1) is 16.0. The first-order valence-corrected chi connectivity index (χ1v) is 10.7. The maximum absolute atomic E-state index is 13.9. The second kappa shape index (κ2) is 9.97. The number of carbonyl (C=O) groups is 1. The smallest absolute Gasteiger partial charge is 0.323 e. The van der Waals surface area contributed by atoms with Gasteiger partial charge in [-0.15, -0.1) is 0 Å². The maximum atomic E-state index is 13.9. The van der Waals surface area contributed by atoms with E-state index in [4.69, 9.17) is 4.74 Å². The van der Waals surface area contributed by atoms with E-state index in [2.05, 4.69) is 32.7 Å². The average molecular weight is 456 g/mol. The number of aryl methyl sites for hydroxylation is 1. The number of ether oxygens (including phenoxy) is 1. The van der Waals surface area contributed by atoms with E-state index in [1.165, 1.54) is 6.07 Å². The number of morpholine rings is 1. The Morgan fingerprint density at radius 3 is 2.58 bits per heavy atom. The Morgan fingerprint density at radius 1 is 1.12 bits per heavy atom. The number of hydrogen-bond donors (Lipinski definition) is 2. The van der Waals surface area contributed by atoms with Gasteiger partial charge >= 0.3 is 6.03 Å². The summed E-state index contributed by atoms with van der Waals surface area (Å²) in [5, 5.41) is 13.9. The fraction of sp³-hybridized carbons (Fsp3) is 0.304. The lowest BCUT2D eigenvalue weighted by Crippen LogP contribution is -2.49. The zero-order valence-electron chi connectivity index (χ0n) is 18.5. The van der Waals surface area contributed by atoms with E-state index < -0.39 is 17.7 Å². The van der Waals surface area contributed by atoms with Crippen LogP contribution in [0.15, 0.2) is 48.7 Å². The minimum Gasteiger partial charge on any atom is -0.379 e. The van der Waals surface area contributed by atoms with Crippen LogP contribution < -0.4 is 15.6 Å². The Balaban J connectivity index is 1.62. The summed E-state index contributed by atoms with van der Waals surface area (Å²) in [5.41, 5.74) is 3.15. The molecule has 0 aliphatic carbocycles. The van der Waals surface area contributed by atoms with E-state index in [-0.39, 0.29) is 5.69 Å². The third-order valence-electron chi connectivity index (χ3n) is 5.44. The zero-order valence-corrected chi connectivity index (χ0v) is 18.5. The molecular weight excluding hydrogens is 430 g/mol. The molecule has 33 heavy (non-hydrogen) atoms. The second-order valence-corrected chi connectivity index (χ2v) is 7.56. The van der Waals surface area contributed by atoms with E-state index in [1.807, 2.05) is 25.2 Å². The van der Waals surface area contributed by atoms with Gasteiger partial charge in [0, 0.05) is 50.2 Å². The molecule has 2 amide bonds. The monoisotopic (exact) mass is 456 g/mol. The average Bonchev–Trinajstić information content (AvgIpc) is 3.23. The third kappa shape index (κ3) is 5.12. The molecule has 0 bridgehead atoms. The van der Waals surface area contributed by atoms with Gasteiger partial charge in [-0.2, -0.15) is 5.10 Å². The molecule has 0 saturated carbocycles. The van der Waals surface area contributed by atoms with Gasteiger partial charge in [-0.25, -0.2) is 18.6 Å². The summed E-state index contributed by atoms with van der Waals surface area (Å²) >= 11 is 0. The van der Waals surface area contributed by atoms with Crippen LogP contribution in [-0.2, 0) is 11.8 Å². The first-order valence-electron chi connectivity index (χ1n) is 10.7. The quantitative estimate of drug-likeness (QED) is 0.585. The number of halogens is 2. The highest BCUT2D eigenvalue weighted by Gasteiger charge is 2.22. The molecule has 2 heterocycles. The van der Waals surface area contributed by atoms with Crippen LogP contribution in [0.2, 0.25) is 0 Å². The molecule has 1 fully saturated rings. The minimum absolute atomic E-state index is 0.109. The summed E-state index contributed by atoms with van der Waals surface area (Å²) in [6.45, 7) is 5.73. The number of hydrogen-bond acceptors (Lipinski definition) is 5. The summed E-state index contributed by atoms with van der Waals surface area (Å²) in [6, 6.07) is 9.84. The number of hydrazine groups is 1. The number of nitrogens with zero attached hydrogens (tertiary/aromatic N) is 4. The second-order valence-electron chi connectivity index (χ2n) is 7.56. The van der Waals surface area contributed by atoms with Crippen LogP contribution in [0.1, 0.15) is 6.92 Å². The predicted molar refractivity (Wildman–Crippen MR) is 123 cm³/mol. The predicted octanol–water partition coefficient (Wildman–Crippen LogP) is 4.08. The van der Waals surface area contributed by atoms with Gasteiger partial charge < -0.3 is 20.4 Å². The number of amides is 2. The Hall–Kier alpha value is -3.50. The van der Waals surface area contributed by atoms with Crippen molar-refractivity contribution in [2.75, 3.05) is 48.5 Å². The van der Waals surface area contributed by atoms with Gasteiger partial charge in [-0.1, -0.05) is 0 Å². The van der Waals surface area contributed by atoms with Crippen molar-refractivity contribution in [2.45, 2.75) is 6.92 Å². The molecule has 0 radical (unpaired) electrons. The molecule has 2 aromatic carbocycles. The Kier molecular flexibility index (Phi) is 6.85. The van der Waals surface area contributed by atoms with Crippen LogP contribution in [-0.4, -0.2) is 53.7 Å². The number of nitrogens with one attached hydrogen (secondary N) is 2. The van der Waals surface area contributed by atoms with E-state index in [0.29, 0.717) is 18.9 Å². The van der Waals surface area contributed by atoms with Crippen molar-refractivity contribution < 1.29 is 18.3 Å². The number of anilines is 3. The van der Waals surface area contributed by atoms with Gasteiger partial charge in [-0.05, 0) is 43.3 Å². The first kappa shape index (κ1) is 22.7. The fourth-order valence-electron chi connectivity index (χ4n) is 3.88. The van der Waals surface area contributed by atoms with Crippen LogP contribution in [0.25, 0.3) is 11.3 Å². The topological polar surface area (TPSA) is 74.7 Å². The molecular formula is C23H26F2N6O2. The van der Waals surface area contributed by atoms with Crippen LogP contribution in [0.5, 0.6) is 0 Å². The number of aromatic nitrogens is 2. The van der Waals surface area contributed by atoms with Crippen molar-refractivity contribution in [1.82, 2.24) is 14.8 Å². The number of rotatable bonds is 6. The highest BCUT2D eigenvalue weighted by Crippen LogP contribution is 2.34. The van der Waals surface area contributed by atoms with Crippen LogP contribution in [0, 0.1) is 11.6 Å². The maximum Gasteiger partial charge on any atom is 0.323 e. The summed E-state index contributed by atoms with van der Waals surface area (Å²) in [5.74, 6) is -1.56. The van der Waals surface area contributed by atoms with E-state index in [1.54, 1.807) is 16.9 Å². The third-order valence-corrected chi connectivity index (χ3v) is 5.44. The number of benzene rings is 2. The standard InChI is InChI=1S/C23H26F2N6O2/c1-3-31(30-10-12-33-13-11-30)22-7-5-17(15-18(22)21-8-9-26-29(21)2)27-23(32)28-20-6-4-16(24)14-19(20)25/h4-9,14-15H,3,10-13H2,1-2H3,(H2,27,28,32). The Morgan fingerprint density at radius 2 is 1.91 bits per heavy atom. The molecule has 2 N–H and O–H groups in total. The van der Waals surface area contributed by atoms with Gasteiger partial charge in [0.2, 0.25) is 0 Å². The molecule has 10 heteroatoms. The highest BCUT2D eigenvalue weighted by atomic mass is 19.1. The van der Waals surface area contributed by atoms with Crippen LogP contribution in [0.3, 0.4) is 0 Å². The molecule has 1 saturated heterocycles. The molecule has 1 aliphatic heterocycles. The minimum atomic E-state index is -0.847. The lowest BCUT2D eigenvalue weighted by molar-refractivity contribution is 0.0323. The van der Waals surface area contributed by atoms with Gasteiger partial charge in [0.25, 0.3) is 0 Å². The summed E-state index contributed by atoms with van der Waals surface area (Å²) < 4.78 is 34.3. The molecule has 0 spiro atoms. The van der Waals surface area contributed by atoms with Crippen molar-refractivity contribution in [3.63, 3.8) is 0 Å². The molecule has 1 aliphatic rings. The van der Waals surface area contributed by atoms with Crippen molar-refractivity contribution in [3.8, 4) is 11.3 Å². The van der Waals surface area contributed by atoms with E-state index in [9.17, 15) is 13.6 Å². The molecule has 0 unspecified atom stereocenters. The van der Waals surface area contributed by atoms with E-state index >= 15 is 0 Å². The van der Waals surface area contributed by atoms with Gasteiger partial charge in [0.05, 0.1) is 30.3 Å². The Labute approximate surface area is 190 Å². The zero-order chi connectivity index (χ0) is 23.4. The van der Waals surface area contributed by atoms with Gasteiger partial charge in [-0.3, -0.25) is 4.68 Å². The Bertz CT molecular complexity index is 1130. The lowest BCUT2D eigenvalue weighted by Gasteiger charge is -2.39. The molecule has 1 aromatic heterocycles. The van der Waals surface area contributed by atoms with Crippen molar-refractivity contribution in [3.05, 3.63) is 60.3 Å². The molecule has 3 aromatic rings. The largest absolute Gasteiger partial charge is 0.379 e. The SMILES string of the molecule is CCN(c1ccc(NC(=O)Nc2ccc(F)cc2F)cc1-c1ccnn1C)N1CCOCC1. The number of urea groups is 1. The van der Waals surface area contributed by atoms with Crippen molar-refractivity contribution in [2.24, 2.45) is 7.05 Å². The summed E-state index contributed by atoms with van der Waals surface area (Å²) in [4.78, 5) is 12.5. The van der Waals surface area contributed by atoms with Crippen molar-refractivity contribution >= 4 is 23.1 Å². The van der Waals surface area contributed by atoms with Crippen LogP contribution >= 0.6 is 0 Å². The summed E-state index contributed by atoms with van der Waals surface area (Å²) in [6.07, 6.45) is 1.72.